The topological polar surface area (TPSA) is 82.2 Å². The van der Waals surface area contributed by atoms with Gasteiger partial charge in [0.1, 0.15) is 5.56 Å². The van der Waals surface area contributed by atoms with Crippen molar-refractivity contribution in [1.29, 1.82) is 0 Å². The molecule has 0 N–H and O–H groups in total. The number of hydrogen-bond acceptors (Lipinski definition) is 5. The summed E-state index contributed by atoms with van der Waals surface area (Å²) in [7, 11) is 1.56. The summed E-state index contributed by atoms with van der Waals surface area (Å²) >= 11 is 0. The number of hydrogen-bond donors (Lipinski definition) is 0. The van der Waals surface area contributed by atoms with Gasteiger partial charge in [0.25, 0.3) is 11.5 Å². The van der Waals surface area contributed by atoms with E-state index in [-0.39, 0.29) is 31.0 Å². The maximum atomic E-state index is 12.9. The van der Waals surface area contributed by atoms with Gasteiger partial charge >= 0.3 is 6.18 Å². The number of carbonyl (C=O) groups is 1. The zero-order chi connectivity index (χ0) is 19.6. The van der Waals surface area contributed by atoms with Gasteiger partial charge in [0.2, 0.25) is 5.82 Å². The molecule has 0 unspecified atom stereocenters. The predicted octanol–water partition coefficient (Wildman–Crippen LogP) is 1.15. The van der Waals surface area contributed by atoms with Crippen LogP contribution in [0.3, 0.4) is 0 Å². The van der Waals surface area contributed by atoms with Gasteiger partial charge in [0.15, 0.2) is 5.82 Å². The maximum Gasteiger partial charge on any atom is 0.451 e. The zero-order valence-electron chi connectivity index (χ0n) is 14.6. The van der Waals surface area contributed by atoms with Gasteiger partial charge < -0.3 is 18.8 Å². The molecule has 2 aromatic rings. The van der Waals surface area contributed by atoms with Crippen LogP contribution in [0.5, 0.6) is 0 Å². The number of ether oxygens (including phenoxy) is 1. The van der Waals surface area contributed by atoms with Crippen LogP contribution in [0, 0.1) is 0 Å². The maximum absolute atomic E-state index is 12.9. The second-order valence-electron chi connectivity index (χ2n) is 6.08. The van der Waals surface area contributed by atoms with Crippen LogP contribution in [0.15, 0.2) is 23.1 Å². The van der Waals surface area contributed by atoms with Gasteiger partial charge in [-0.15, -0.1) is 10.2 Å². The van der Waals surface area contributed by atoms with E-state index in [0.29, 0.717) is 19.6 Å². The smallest absolute Gasteiger partial charge is 0.385 e. The number of carbonyl (C=O) groups excluding carboxylic acids is 1. The summed E-state index contributed by atoms with van der Waals surface area (Å²) in [6.07, 6.45) is -2.41. The minimum atomic E-state index is -4.60. The van der Waals surface area contributed by atoms with E-state index >= 15 is 0 Å². The van der Waals surface area contributed by atoms with E-state index in [1.807, 2.05) is 0 Å². The Kier molecular flexibility index (Phi) is 5.31. The highest BCUT2D eigenvalue weighted by atomic mass is 19.4. The first-order chi connectivity index (χ1) is 12.8. The third kappa shape index (κ3) is 3.87. The summed E-state index contributed by atoms with van der Waals surface area (Å²) in [6.45, 7) is 0.688. The second kappa shape index (κ2) is 7.51. The normalized spacial score (nSPS) is 14.3. The highest BCUT2D eigenvalue weighted by molar-refractivity contribution is 5.93. The Morgan fingerprint density at radius 3 is 2.78 bits per heavy atom. The van der Waals surface area contributed by atoms with E-state index in [1.54, 1.807) is 19.4 Å². The molecule has 0 saturated carbocycles. The van der Waals surface area contributed by atoms with Crippen molar-refractivity contribution in [3.8, 4) is 0 Å². The number of aryl methyl sites for hydroxylation is 1. The summed E-state index contributed by atoms with van der Waals surface area (Å²) < 4.78 is 46.0. The number of fused-ring (bicyclic) bond motifs is 1. The van der Waals surface area contributed by atoms with E-state index in [4.69, 9.17) is 4.74 Å². The Hall–Kier alpha value is -2.69. The van der Waals surface area contributed by atoms with E-state index in [0.717, 1.165) is 4.57 Å². The molecule has 0 spiro atoms. The molecule has 0 saturated heterocycles. The molecule has 11 heteroatoms. The number of halogens is 3. The van der Waals surface area contributed by atoms with Crippen LogP contribution in [-0.2, 0) is 30.5 Å². The average molecular weight is 385 g/mol. The number of nitrogens with zero attached hydrogens (tertiary/aromatic N) is 5. The number of amides is 1. The Labute approximate surface area is 152 Å². The molecule has 1 aliphatic rings. The zero-order valence-corrected chi connectivity index (χ0v) is 14.6. The minimum Gasteiger partial charge on any atom is -0.385 e. The van der Waals surface area contributed by atoms with E-state index in [1.165, 1.54) is 15.5 Å². The fraction of sp³-hybridized carbons (Fsp3) is 0.500. The van der Waals surface area contributed by atoms with E-state index < -0.39 is 23.5 Å². The standard InChI is InChI=1S/C16H18F3N5O3/c1-27-9-3-6-22-5-2-4-11(13(22)25)14(26)23-7-8-24-12(10-23)20-21-15(24)16(17,18)19/h2,4-5H,3,6-10H2,1H3. The molecule has 0 fully saturated rings. The van der Waals surface area contributed by atoms with Crippen molar-refractivity contribution in [2.75, 3.05) is 20.3 Å². The molecule has 8 nitrogen and oxygen atoms in total. The minimum absolute atomic E-state index is 0.0288. The summed E-state index contributed by atoms with van der Waals surface area (Å²) in [6, 6.07) is 3.01. The number of aromatic nitrogens is 4. The van der Waals surface area contributed by atoms with Crippen molar-refractivity contribution < 1.29 is 22.7 Å². The van der Waals surface area contributed by atoms with Gasteiger partial charge in [-0.05, 0) is 18.6 Å². The second-order valence-corrected chi connectivity index (χ2v) is 6.08. The van der Waals surface area contributed by atoms with Crippen molar-refractivity contribution >= 4 is 5.91 Å². The number of methoxy groups -OCH3 is 1. The predicted molar refractivity (Wildman–Crippen MR) is 87.0 cm³/mol. The Morgan fingerprint density at radius 2 is 2.07 bits per heavy atom. The van der Waals surface area contributed by atoms with Gasteiger partial charge in [0, 0.05) is 39.5 Å². The quantitative estimate of drug-likeness (QED) is 0.722. The highest BCUT2D eigenvalue weighted by Crippen LogP contribution is 2.29. The first kappa shape index (κ1) is 19.1. The van der Waals surface area contributed by atoms with Crippen LogP contribution in [0.25, 0.3) is 0 Å². The van der Waals surface area contributed by atoms with Crippen LogP contribution in [0.4, 0.5) is 13.2 Å². The molecular weight excluding hydrogens is 367 g/mol. The Bertz CT molecular complexity index is 890. The average Bonchev–Trinajstić information content (AvgIpc) is 3.06. The van der Waals surface area contributed by atoms with Crippen molar-refractivity contribution in [3.05, 3.63) is 45.9 Å². The third-order valence-corrected chi connectivity index (χ3v) is 4.29. The van der Waals surface area contributed by atoms with Crippen LogP contribution in [-0.4, -0.2) is 50.4 Å². The lowest BCUT2D eigenvalue weighted by Gasteiger charge is -2.28. The molecule has 2 aromatic heterocycles. The molecule has 27 heavy (non-hydrogen) atoms. The fourth-order valence-corrected chi connectivity index (χ4v) is 2.97. The van der Waals surface area contributed by atoms with Gasteiger partial charge in [-0.25, -0.2) is 0 Å². The molecule has 0 aromatic carbocycles. The van der Waals surface area contributed by atoms with Crippen LogP contribution in [0.1, 0.15) is 28.4 Å². The molecule has 0 aliphatic carbocycles. The molecule has 1 aliphatic heterocycles. The van der Waals surface area contributed by atoms with Crippen LogP contribution < -0.4 is 5.56 Å². The van der Waals surface area contributed by atoms with Crippen LogP contribution >= 0.6 is 0 Å². The van der Waals surface area contributed by atoms with Crippen LogP contribution in [0.2, 0.25) is 0 Å². The number of alkyl halides is 3. The summed E-state index contributed by atoms with van der Waals surface area (Å²) in [5.74, 6) is -1.58. The Morgan fingerprint density at radius 1 is 1.30 bits per heavy atom. The molecular formula is C16H18F3N5O3. The SMILES string of the molecule is COCCCn1cccc(C(=O)N2CCn3c(nnc3C(F)(F)F)C2)c1=O. The molecule has 0 radical (unpaired) electrons. The van der Waals surface area contributed by atoms with Crippen molar-refractivity contribution in [2.45, 2.75) is 32.2 Å². The van der Waals surface area contributed by atoms with E-state index in [2.05, 4.69) is 10.2 Å². The molecule has 3 rings (SSSR count). The van der Waals surface area contributed by atoms with Gasteiger partial charge in [-0.2, -0.15) is 13.2 Å². The summed E-state index contributed by atoms with van der Waals surface area (Å²) in [5.41, 5.74) is -0.472. The largest absolute Gasteiger partial charge is 0.451 e. The highest BCUT2D eigenvalue weighted by Gasteiger charge is 2.40. The van der Waals surface area contributed by atoms with Gasteiger partial charge in [-0.3, -0.25) is 9.59 Å². The molecule has 146 valence electrons. The monoisotopic (exact) mass is 385 g/mol. The van der Waals surface area contributed by atoms with Crippen molar-refractivity contribution in [2.24, 2.45) is 0 Å². The molecule has 3 heterocycles. The summed E-state index contributed by atoms with van der Waals surface area (Å²) in [5, 5.41) is 6.72. The van der Waals surface area contributed by atoms with Gasteiger partial charge in [-0.1, -0.05) is 0 Å². The molecule has 1 amide bonds. The lowest BCUT2D eigenvalue weighted by atomic mass is 10.2. The Balaban J connectivity index is 1.79. The number of rotatable bonds is 5. The molecule has 0 atom stereocenters. The van der Waals surface area contributed by atoms with Crippen molar-refractivity contribution in [3.63, 3.8) is 0 Å². The van der Waals surface area contributed by atoms with E-state index in [9.17, 15) is 22.8 Å². The fourth-order valence-electron chi connectivity index (χ4n) is 2.97. The van der Waals surface area contributed by atoms with Gasteiger partial charge in [0.05, 0.1) is 6.54 Å². The summed E-state index contributed by atoms with van der Waals surface area (Å²) in [4.78, 5) is 26.6. The lowest BCUT2D eigenvalue weighted by molar-refractivity contribution is -0.147. The first-order valence-corrected chi connectivity index (χ1v) is 8.30. The third-order valence-electron chi connectivity index (χ3n) is 4.29. The van der Waals surface area contributed by atoms with Crippen molar-refractivity contribution in [1.82, 2.24) is 24.2 Å². The number of pyridine rings is 1. The first-order valence-electron chi connectivity index (χ1n) is 8.30. The lowest BCUT2D eigenvalue weighted by Crippen LogP contribution is -2.42. The molecule has 0 bridgehead atoms.